The first kappa shape index (κ1) is 9.67. The smallest absolute Gasteiger partial charge is 0.246 e. The van der Waals surface area contributed by atoms with Crippen LogP contribution in [0, 0.1) is 0 Å². The van der Waals surface area contributed by atoms with Crippen molar-refractivity contribution in [2.24, 2.45) is 0 Å². The van der Waals surface area contributed by atoms with Crippen molar-refractivity contribution in [3.05, 3.63) is 24.3 Å². The van der Waals surface area contributed by atoms with Gasteiger partial charge in [0, 0.05) is 0 Å². The fourth-order valence-corrected chi connectivity index (χ4v) is 2.87. The third-order valence-corrected chi connectivity index (χ3v) is 3.94. The van der Waals surface area contributed by atoms with Gasteiger partial charge in [-0.25, -0.2) is 9.19 Å². The molecule has 1 aromatic carbocycles. The minimum Gasteiger partial charge on any atom is -0.246 e. The summed E-state index contributed by atoms with van der Waals surface area (Å²) in [6.45, 7) is 0. The summed E-state index contributed by atoms with van der Waals surface area (Å²) >= 11 is 1.04. The van der Waals surface area contributed by atoms with Gasteiger partial charge in [-0.05, 0) is 12.1 Å². The molecule has 2 aromatic rings. The van der Waals surface area contributed by atoms with Crippen molar-refractivity contribution in [3.8, 4) is 0 Å². The number of nitrogens with zero attached hydrogens (tertiary/aromatic N) is 1. The van der Waals surface area contributed by atoms with E-state index in [0.29, 0.717) is 5.52 Å². The Morgan fingerprint density at radius 1 is 1.36 bits per heavy atom. The number of rotatable bonds is 2. The van der Waals surface area contributed by atoms with E-state index in [9.17, 15) is 13.0 Å². The maximum Gasteiger partial charge on any atom is 0.318 e. The van der Waals surface area contributed by atoms with Gasteiger partial charge in [-0.1, -0.05) is 12.1 Å². The second-order valence-corrected chi connectivity index (χ2v) is 5.13. The highest BCUT2D eigenvalue weighted by atomic mass is 32.2. The number of thiazole rings is 1. The quantitative estimate of drug-likeness (QED) is 0.798. The van der Waals surface area contributed by atoms with Gasteiger partial charge in [0.1, 0.15) is 10.8 Å². The van der Waals surface area contributed by atoms with Crippen LogP contribution in [0.25, 0.3) is 10.2 Å². The summed E-state index contributed by atoms with van der Waals surface area (Å²) in [6.07, 6.45) is 0. The third kappa shape index (κ3) is 1.67. The summed E-state index contributed by atoms with van der Waals surface area (Å²) in [6, 6.07) is 7.02. The number of hydrogen-bond donors (Lipinski definition) is 0. The van der Waals surface area contributed by atoms with E-state index in [1.807, 2.05) is 0 Å². The Morgan fingerprint density at radius 3 is 2.71 bits per heavy atom. The molecule has 0 amide bonds. The number of halogens is 2. The number of hydrogen-bond acceptors (Lipinski definition) is 3. The van der Waals surface area contributed by atoms with Crippen LogP contribution < -0.4 is 0 Å². The largest absolute Gasteiger partial charge is 0.318 e. The van der Waals surface area contributed by atoms with Gasteiger partial charge in [0.05, 0.1) is 10.2 Å². The zero-order chi connectivity index (χ0) is 10.1. The number of alkyl halides is 2. The Morgan fingerprint density at radius 2 is 2.07 bits per heavy atom. The van der Waals surface area contributed by atoms with Crippen LogP contribution in [0.1, 0.15) is 0 Å². The van der Waals surface area contributed by atoms with Gasteiger partial charge in [-0.3, -0.25) is 0 Å². The highest BCUT2D eigenvalue weighted by Crippen LogP contribution is 2.25. The van der Waals surface area contributed by atoms with E-state index < -0.39 is 16.6 Å². The molecule has 1 unspecified atom stereocenters. The van der Waals surface area contributed by atoms with E-state index in [0.717, 1.165) is 16.0 Å². The van der Waals surface area contributed by atoms with Crippen LogP contribution in [-0.2, 0) is 10.8 Å². The fraction of sp³-hybridized carbons (Fsp3) is 0.125. The van der Waals surface area contributed by atoms with Gasteiger partial charge in [0.25, 0.3) is 0 Å². The molecule has 0 bridgehead atoms. The van der Waals surface area contributed by atoms with Crippen LogP contribution in [0.5, 0.6) is 0 Å². The van der Waals surface area contributed by atoms with E-state index in [2.05, 4.69) is 4.98 Å². The Balaban J connectivity index is 2.50. The SMILES string of the molecule is O=S(c1nc2ccccc2s1)C(F)F. The molecule has 0 N–H and O–H groups in total. The van der Waals surface area contributed by atoms with Gasteiger partial charge in [0.15, 0.2) is 4.34 Å². The molecule has 2 rings (SSSR count). The maximum absolute atomic E-state index is 12.1. The Labute approximate surface area is 85.0 Å². The summed E-state index contributed by atoms with van der Waals surface area (Å²) in [5.41, 5.74) is 0.612. The van der Waals surface area contributed by atoms with Crippen molar-refractivity contribution >= 4 is 32.4 Å². The molecule has 0 saturated heterocycles. The van der Waals surface area contributed by atoms with Gasteiger partial charge in [-0.2, -0.15) is 8.78 Å². The van der Waals surface area contributed by atoms with Crippen LogP contribution in [0.15, 0.2) is 28.6 Å². The number of benzene rings is 1. The summed E-state index contributed by atoms with van der Waals surface area (Å²) in [7, 11) is -2.29. The van der Waals surface area contributed by atoms with E-state index in [4.69, 9.17) is 0 Å². The monoisotopic (exact) mass is 233 g/mol. The Kier molecular flexibility index (Phi) is 2.56. The molecule has 6 heteroatoms. The van der Waals surface area contributed by atoms with E-state index in [1.165, 1.54) is 0 Å². The normalized spacial score (nSPS) is 13.6. The average molecular weight is 233 g/mol. The minimum atomic E-state index is -2.87. The van der Waals surface area contributed by atoms with Crippen LogP contribution in [-0.4, -0.2) is 15.0 Å². The van der Waals surface area contributed by atoms with Crippen molar-refractivity contribution in [2.45, 2.75) is 10.1 Å². The first-order valence-corrected chi connectivity index (χ1v) is 5.76. The molecule has 0 aliphatic carbocycles. The second-order valence-electron chi connectivity index (χ2n) is 2.51. The van der Waals surface area contributed by atoms with Crippen LogP contribution in [0.4, 0.5) is 8.78 Å². The summed E-state index contributed by atoms with van der Waals surface area (Å²) < 4.78 is 36.0. The Hall–Kier alpha value is -0.880. The molecule has 1 atom stereocenters. The molecule has 74 valence electrons. The standard InChI is InChI=1S/C8H5F2NOS2/c9-7(10)14(12)8-11-5-3-1-2-4-6(5)13-8/h1-4,7H. The first-order valence-electron chi connectivity index (χ1n) is 3.73. The number of aromatic nitrogens is 1. The van der Waals surface area contributed by atoms with Crippen molar-refractivity contribution in [2.75, 3.05) is 0 Å². The van der Waals surface area contributed by atoms with E-state index >= 15 is 0 Å². The van der Waals surface area contributed by atoms with E-state index in [1.54, 1.807) is 24.3 Å². The maximum atomic E-state index is 12.1. The summed E-state index contributed by atoms with van der Waals surface area (Å²) in [5.74, 6) is -2.87. The lowest BCUT2D eigenvalue weighted by Crippen LogP contribution is -2.01. The van der Waals surface area contributed by atoms with Gasteiger partial charge >= 0.3 is 5.76 Å². The first-order chi connectivity index (χ1) is 6.68. The van der Waals surface area contributed by atoms with Gasteiger partial charge in [0.2, 0.25) is 0 Å². The predicted octanol–water partition coefficient (Wildman–Crippen LogP) is 2.63. The van der Waals surface area contributed by atoms with Crippen molar-refractivity contribution in [3.63, 3.8) is 0 Å². The second kappa shape index (κ2) is 3.70. The lowest BCUT2D eigenvalue weighted by Gasteiger charge is -1.92. The van der Waals surface area contributed by atoms with Crippen LogP contribution >= 0.6 is 11.3 Å². The summed E-state index contributed by atoms with van der Waals surface area (Å²) in [4.78, 5) is 3.87. The molecule has 1 heterocycles. The molecule has 0 aliphatic rings. The molecular formula is C8H5F2NOS2. The molecule has 0 spiro atoms. The van der Waals surface area contributed by atoms with Crippen molar-refractivity contribution < 1.29 is 13.0 Å². The van der Waals surface area contributed by atoms with Gasteiger partial charge in [-0.15, -0.1) is 11.3 Å². The van der Waals surface area contributed by atoms with Crippen LogP contribution in [0.3, 0.4) is 0 Å². The highest BCUT2D eigenvalue weighted by Gasteiger charge is 2.19. The number of para-hydroxylation sites is 1. The molecule has 2 nitrogen and oxygen atoms in total. The highest BCUT2D eigenvalue weighted by molar-refractivity contribution is 7.87. The zero-order valence-corrected chi connectivity index (χ0v) is 8.45. The molecule has 0 fully saturated rings. The minimum absolute atomic E-state index is 0.0128. The molecule has 0 saturated carbocycles. The van der Waals surface area contributed by atoms with Gasteiger partial charge < -0.3 is 0 Å². The molecular weight excluding hydrogens is 228 g/mol. The molecule has 14 heavy (non-hydrogen) atoms. The third-order valence-electron chi connectivity index (χ3n) is 1.61. The van der Waals surface area contributed by atoms with Crippen LogP contribution in [0.2, 0.25) is 0 Å². The lowest BCUT2D eigenvalue weighted by molar-refractivity contribution is 0.244. The zero-order valence-electron chi connectivity index (χ0n) is 6.81. The van der Waals surface area contributed by atoms with Crippen molar-refractivity contribution in [1.82, 2.24) is 4.98 Å². The lowest BCUT2D eigenvalue weighted by atomic mass is 10.3. The average Bonchev–Trinajstić information content (AvgIpc) is 2.59. The molecule has 0 aliphatic heterocycles. The predicted molar refractivity (Wildman–Crippen MR) is 52.0 cm³/mol. The Bertz CT molecular complexity index is 450. The molecule has 0 radical (unpaired) electrons. The fourth-order valence-electron chi connectivity index (χ4n) is 1.01. The number of fused-ring (bicyclic) bond motifs is 1. The van der Waals surface area contributed by atoms with E-state index in [-0.39, 0.29) is 4.34 Å². The summed E-state index contributed by atoms with van der Waals surface area (Å²) in [5, 5.41) is 0. The molecule has 1 aromatic heterocycles. The topological polar surface area (TPSA) is 30.0 Å². The van der Waals surface area contributed by atoms with Crippen molar-refractivity contribution in [1.29, 1.82) is 0 Å².